The number of benzene rings is 1. The Morgan fingerprint density at radius 1 is 1.43 bits per heavy atom. The number of halogens is 2. The van der Waals surface area contributed by atoms with E-state index in [0.29, 0.717) is 17.1 Å². The van der Waals surface area contributed by atoms with Crippen molar-refractivity contribution in [3.8, 4) is 0 Å². The van der Waals surface area contributed by atoms with Gasteiger partial charge in [-0.2, -0.15) is 0 Å². The minimum atomic E-state index is -0.0586. The van der Waals surface area contributed by atoms with Crippen LogP contribution < -0.4 is 5.32 Å². The van der Waals surface area contributed by atoms with E-state index in [2.05, 4.69) is 33.1 Å². The topological polar surface area (TPSA) is 32.3 Å². The number of nitrogens with one attached hydrogen (secondary N) is 1. The van der Waals surface area contributed by atoms with Crippen molar-refractivity contribution >= 4 is 33.4 Å². The summed E-state index contributed by atoms with van der Waals surface area (Å²) >= 11 is 9.32. The largest absolute Gasteiger partial charge is 0.352 e. The quantitative estimate of drug-likeness (QED) is 0.793. The molecule has 116 valence electrons. The lowest BCUT2D eigenvalue weighted by molar-refractivity contribution is 0.0950. The molecule has 1 aliphatic heterocycles. The molecular weight excluding hydrogens is 352 g/mol. The van der Waals surface area contributed by atoms with E-state index < -0.39 is 0 Å². The van der Waals surface area contributed by atoms with Gasteiger partial charge in [0.1, 0.15) is 0 Å². The number of amides is 1. The van der Waals surface area contributed by atoms with Crippen molar-refractivity contribution in [2.45, 2.75) is 26.2 Å². The molecule has 0 atom stereocenters. The van der Waals surface area contributed by atoms with Gasteiger partial charge in [0.15, 0.2) is 0 Å². The van der Waals surface area contributed by atoms with Crippen LogP contribution in [0.3, 0.4) is 0 Å². The highest BCUT2D eigenvalue weighted by Gasteiger charge is 2.15. The molecule has 21 heavy (non-hydrogen) atoms. The van der Waals surface area contributed by atoms with Crippen LogP contribution >= 0.6 is 27.5 Å². The molecule has 3 nitrogen and oxygen atoms in total. The van der Waals surface area contributed by atoms with Gasteiger partial charge in [-0.15, -0.1) is 0 Å². The Hall–Kier alpha value is -0.580. The molecule has 0 spiro atoms. The number of nitrogens with zero attached hydrogens (tertiary/aromatic N) is 1. The van der Waals surface area contributed by atoms with Gasteiger partial charge < -0.3 is 10.2 Å². The molecule has 1 aromatic rings. The van der Waals surface area contributed by atoms with Crippen molar-refractivity contribution < 1.29 is 4.79 Å². The smallest absolute Gasteiger partial charge is 0.251 e. The van der Waals surface area contributed by atoms with E-state index in [-0.39, 0.29) is 5.91 Å². The molecule has 1 heterocycles. The summed E-state index contributed by atoms with van der Waals surface area (Å²) in [4.78, 5) is 14.5. The van der Waals surface area contributed by atoms with Crippen LogP contribution in [0.2, 0.25) is 5.02 Å². The summed E-state index contributed by atoms with van der Waals surface area (Å²) < 4.78 is 0.806. The molecule has 1 aliphatic rings. The zero-order valence-corrected chi connectivity index (χ0v) is 14.7. The van der Waals surface area contributed by atoms with E-state index in [9.17, 15) is 4.79 Å². The Morgan fingerprint density at radius 2 is 2.14 bits per heavy atom. The van der Waals surface area contributed by atoms with E-state index in [0.717, 1.165) is 23.4 Å². The maximum atomic E-state index is 12.0. The maximum absolute atomic E-state index is 12.0. The van der Waals surface area contributed by atoms with Crippen LogP contribution in [0.25, 0.3) is 0 Å². The average Bonchev–Trinajstić information content (AvgIpc) is 2.48. The third kappa shape index (κ3) is 5.28. The molecule has 0 bridgehead atoms. The zero-order chi connectivity index (χ0) is 15.2. The van der Waals surface area contributed by atoms with Crippen molar-refractivity contribution in [1.82, 2.24) is 10.2 Å². The number of rotatable bonds is 5. The highest BCUT2D eigenvalue weighted by molar-refractivity contribution is 9.10. The second-order valence-corrected chi connectivity index (χ2v) is 7.02. The fourth-order valence-electron chi connectivity index (χ4n) is 2.53. The fourth-order valence-corrected chi connectivity index (χ4v) is 2.96. The SMILES string of the molecule is CC1CCN(CCCNC(=O)c2ccc(Br)c(Cl)c2)CC1. The lowest BCUT2D eigenvalue weighted by Gasteiger charge is -2.30. The average molecular weight is 374 g/mol. The van der Waals surface area contributed by atoms with Crippen LogP contribution in [0.15, 0.2) is 22.7 Å². The Kier molecular flexibility index (Phi) is 6.52. The van der Waals surface area contributed by atoms with Gasteiger partial charge in [-0.3, -0.25) is 4.79 Å². The molecule has 1 saturated heterocycles. The van der Waals surface area contributed by atoms with Crippen LogP contribution in [0, 0.1) is 5.92 Å². The van der Waals surface area contributed by atoms with Crippen LogP contribution in [0.1, 0.15) is 36.5 Å². The molecule has 0 aromatic heterocycles. The van der Waals surface area contributed by atoms with E-state index >= 15 is 0 Å². The molecule has 2 rings (SSSR count). The summed E-state index contributed by atoms with van der Waals surface area (Å²) in [6.07, 6.45) is 3.58. The highest BCUT2D eigenvalue weighted by atomic mass is 79.9. The van der Waals surface area contributed by atoms with Crippen molar-refractivity contribution in [1.29, 1.82) is 0 Å². The van der Waals surface area contributed by atoms with Gasteiger partial charge in [-0.05, 0) is 78.9 Å². The van der Waals surface area contributed by atoms with Crippen LogP contribution in [-0.4, -0.2) is 37.0 Å². The van der Waals surface area contributed by atoms with Gasteiger partial charge in [0.25, 0.3) is 5.91 Å². The third-order valence-electron chi connectivity index (χ3n) is 3.99. The van der Waals surface area contributed by atoms with E-state index in [1.807, 2.05) is 0 Å². The molecule has 1 amide bonds. The van der Waals surface area contributed by atoms with Crippen LogP contribution in [-0.2, 0) is 0 Å². The summed E-state index contributed by atoms with van der Waals surface area (Å²) in [5.74, 6) is 0.805. The lowest BCUT2D eigenvalue weighted by Crippen LogP contribution is -2.35. The Morgan fingerprint density at radius 3 is 2.81 bits per heavy atom. The standard InChI is InChI=1S/C16H22BrClN2O/c1-12-5-9-20(10-6-12)8-2-7-19-16(21)13-3-4-14(17)15(18)11-13/h3-4,11-12H,2,5-10H2,1H3,(H,19,21). The molecule has 1 fully saturated rings. The monoisotopic (exact) mass is 372 g/mol. The van der Waals surface area contributed by atoms with E-state index in [4.69, 9.17) is 11.6 Å². The van der Waals surface area contributed by atoms with Gasteiger partial charge in [0.2, 0.25) is 0 Å². The number of hydrogen-bond donors (Lipinski definition) is 1. The molecule has 1 N–H and O–H groups in total. The first-order valence-electron chi connectivity index (χ1n) is 7.52. The van der Waals surface area contributed by atoms with Crippen molar-refractivity contribution in [3.63, 3.8) is 0 Å². The number of likely N-dealkylation sites (tertiary alicyclic amines) is 1. The van der Waals surface area contributed by atoms with Gasteiger partial charge in [0.05, 0.1) is 5.02 Å². The molecule has 1 aromatic carbocycles. The van der Waals surface area contributed by atoms with E-state index in [1.165, 1.54) is 25.9 Å². The van der Waals surface area contributed by atoms with Gasteiger partial charge >= 0.3 is 0 Å². The number of carbonyl (C=O) groups excluding carboxylic acids is 1. The number of hydrogen-bond acceptors (Lipinski definition) is 2. The van der Waals surface area contributed by atoms with Crippen molar-refractivity contribution in [3.05, 3.63) is 33.3 Å². The summed E-state index contributed by atoms with van der Waals surface area (Å²) in [6.45, 7) is 6.47. The number of carbonyl (C=O) groups is 1. The Bertz CT molecular complexity index is 487. The van der Waals surface area contributed by atoms with Crippen LogP contribution in [0.5, 0.6) is 0 Å². The maximum Gasteiger partial charge on any atom is 0.251 e. The molecule has 0 radical (unpaired) electrons. The fraction of sp³-hybridized carbons (Fsp3) is 0.562. The Labute approximate surface area is 140 Å². The molecule has 0 saturated carbocycles. The second-order valence-electron chi connectivity index (χ2n) is 5.76. The predicted octanol–water partition coefficient (Wildman–Crippen LogP) is 3.95. The third-order valence-corrected chi connectivity index (χ3v) is 5.23. The van der Waals surface area contributed by atoms with Crippen molar-refractivity contribution in [2.75, 3.05) is 26.2 Å². The summed E-state index contributed by atoms with van der Waals surface area (Å²) in [5.41, 5.74) is 0.606. The summed E-state index contributed by atoms with van der Waals surface area (Å²) in [7, 11) is 0. The predicted molar refractivity (Wildman–Crippen MR) is 90.9 cm³/mol. The van der Waals surface area contributed by atoms with Gasteiger partial charge in [0, 0.05) is 16.6 Å². The normalized spacial score (nSPS) is 16.9. The highest BCUT2D eigenvalue weighted by Crippen LogP contribution is 2.23. The minimum Gasteiger partial charge on any atom is -0.352 e. The summed E-state index contributed by atoms with van der Waals surface area (Å²) in [5, 5.41) is 3.51. The van der Waals surface area contributed by atoms with Gasteiger partial charge in [-0.1, -0.05) is 18.5 Å². The lowest BCUT2D eigenvalue weighted by atomic mass is 9.99. The summed E-state index contributed by atoms with van der Waals surface area (Å²) in [6, 6.07) is 5.26. The first kappa shape index (κ1) is 16.8. The molecule has 0 aliphatic carbocycles. The van der Waals surface area contributed by atoms with E-state index in [1.54, 1.807) is 18.2 Å². The first-order valence-corrected chi connectivity index (χ1v) is 8.69. The zero-order valence-electron chi connectivity index (χ0n) is 12.4. The molecule has 5 heteroatoms. The minimum absolute atomic E-state index is 0.0586. The number of piperidine rings is 1. The second kappa shape index (κ2) is 8.16. The first-order chi connectivity index (χ1) is 10.1. The molecular formula is C16H22BrClN2O. The van der Waals surface area contributed by atoms with Crippen molar-refractivity contribution in [2.24, 2.45) is 5.92 Å². The van der Waals surface area contributed by atoms with Gasteiger partial charge in [-0.25, -0.2) is 0 Å². The van der Waals surface area contributed by atoms with Crippen LogP contribution in [0.4, 0.5) is 0 Å². The molecule has 0 unspecified atom stereocenters. The Balaban J connectivity index is 1.68.